The van der Waals surface area contributed by atoms with Gasteiger partial charge in [-0.15, -0.1) is 0 Å². The Balaban J connectivity index is 4.40. The van der Waals surface area contributed by atoms with Crippen molar-refractivity contribution in [3.05, 3.63) is 97.2 Å². The fourth-order valence-electron chi connectivity index (χ4n) is 7.71. The molecule has 0 saturated heterocycles. The van der Waals surface area contributed by atoms with E-state index in [4.69, 9.17) is 14.2 Å². The first-order valence-electron chi connectivity index (χ1n) is 28.7. The lowest BCUT2D eigenvalue weighted by Gasteiger charge is -2.18. The summed E-state index contributed by atoms with van der Waals surface area (Å²) in [4.78, 5) is 38.1. The highest BCUT2D eigenvalue weighted by Gasteiger charge is 2.19. The van der Waals surface area contributed by atoms with Crippen LogP contribution < -0.4 is 0 Å². The first-order valence-corrected chi connectivity index (χ1v) is 28.7. The van der Waals surface area contributed by atoms with Crippen LogP contribution in [0.25, 0.3) is 0 Å². The molecule has 0 fully saturated rings. The minimum absolute atomic E-state index is 0.0963. The summed E-state index contributed by atoms with van der Waals surface area (Å²) in [7, 11) is 0. The summed E-state index contributed by atoms with van der Waals surface area (Å²) in [6, 6.07) is 0. The van der Waals surface area contributed by atoms with Crippen LogP contribution in [0.2, 0.25) is 0 Å². The summed E-state index contributed by atoms with van der Waals surface area (Å²) >= 11 is 0. The van der Waals surface area contributed by atoms with Crippen LogP contribution in [0, 0.1) is 0 Å². The third kappa shape index (κ3) is 55.1. The third-order valence-electron chi connectivity index (χ3n) is 12.0. The standard InChI is InChI=1S/C63H106O6/c1-4-7-10-13-16-19-22-24-26-28-30-31-33-34-36-38-41-44-47-50-53-56-62(65)68-59-60(58-67-61(64)55-52-49-46-43-40-21-18-15-12-9-6-3)69-63(66)57-54-51-48-45-42-39-37-35-32-29-27-25-23-20-17-14-11-8-5-2/h8,11,15,17-18,20,22,24-25,27-28,30,32,35,39,42,60H,4-7,9-10,12-14,16,19,21,23,26,29,31,33-34,36-38,40-41,43-59H2,1-3H3/b11-8-,18-15-,20-17-,24-22-,27-25-,30-28-,35-32-,42-39-. The average molecular weight is 960 g/mol. The Morgan fingerprint density at radius 3 is 0.957 bits per heavy atom. The van der Waals surface area contributed by atoms with Crippen molar-refractivity contribution in [3.63, 3.8) is 0 Å². The number of rotatable bonds is 51. The molecule has 0 aliphatic heterocycles. The highest BCUT2D eigenvalue weighted by atomic mass is 16.6. The first-order chi connectivity index (χ1) is 34.0. The van der Waals surface area contributed by atoms with Gasteiger partial charge in [-0.05, 0) is 116 Å². The van der Waals surface area contributed by atoms with Crippen molar-refractivity contribution in [2.24, 2.45) is 0 Å². The van der Waals surface area contributed by atoms with Gasteiger partial charge in [0.05, 0.1) is 0 Å². The summed E-state index contributed by atoms with van der Waals surface area (Å²) in [6.07, 6.45) is 75.4. The molecule has 0 radical (unpaired) electrons. The van der Waals surface area contributed by atoms with E-state index in [0.717, 1.165) is 116 Å². The Morgan fingerprint density at radius 1 is 0.304 bits per heavy atom. The molecule has 0 aromatic carbocycles. The molecule has 0 spiro atoms. The van der Waals surface area contributed by atoms with Gasteiger partial charge in [-0.3, -0.25) is 14.4 Å². The smallest absolute Gasteiger partial charge is 0.306 e. The van der Waals surface area contributed by atoms with Crippen molar-refractivity contribution in [3.8, 4) is 0 Å². The number of ether oxygens (including phenoxy) is 3. The molecule has 69 heavy (non-hydrogen) atoms. The SMILES string of the molecule is CC/C=C\C/C=C\C/C=C\C/C=C\C/C=C\CCCCCC(=O)OC(COC(=O)CCCCCCC/C=C\CCCC)COC(=O)CCCCCCCCCCC/C=C\C/C=C\CCCCCCC. The molecule has 0 N–H and O–H groups in total. The van der Waals surface area contributed by atoms with Crippen LogP contribution in [-0.2, 0) is 28.6 Å². The van der Waals surface area contributed by atoms with Crippen molar-refractivity contribution in [2.75, 3.05) is 13.2 Å². The average Bonchev–Trinajstić information content (AvgIpc) is 3.35. The second-order valence-electron chi connectivity index (χ2n) is 18.8. The minimum atomic E-state index is -0.801. The predicted molar refractivity (Wildman–Crippen MR) is 297 cm³/mol. The zero-order chi connectivity index (χ0) is 50.0. The van der Waals surface area contributed by atoms with Crippen molar-refractivity contribution in [2.45, 2.75) is 271 Å². The lowest BCUT2D eigenvalue weighted by Crippen LogP contribution is -2.30. The van der Waals surface area contributed by atoms with Gasteiger partial charge in [0.1, 0.15) is 13.2 Å². The number of allylic oxidation sites excluding steroid dienone is 16. The number of carbonyl (C=O) groups is 3. The van der Waals surface area contributed by atoms with Crippen molar-refractivity contribution in [1.29, 1.82) is 0 Å². The van der Waals surface area contributed by atoms with E-state index in [0.29, 0.717) is 12.8 Å². The highest BCUT2D eigenvalue weighted by molar-refractivity contribution is 5.71. The van der Waals surface area contributed by atoms with Gasteiger partial charge in [-0.1, -0.05) is 227 Å². The Morgan fingerprint density at radius 2 is 0.580 bits per heavy atom. The predicted octanol–water partition coefficient (Wildman–Crippen LogP) is 19.3. The molecular weight excluding hydrogens is 853 g/mol. The molecule has 0 saturated carbocycles. The summed E-state index contributed by atoms with van der Waals surface area (Å²) in [5.74, 6) is -0.941. The largest absolute Gasteiger partial charge is 0.462 e. The Kier molecular flexibility index (Phi) is 53.9. The van der Waals surface area contributed by atoms with E-state index in [1.807, 2.05) is 0 Å². The molecule has 0 aromatic rings. The van der Waals surface area contributed by atoms with E-state index >= 15 is 0 Å². The lowest BCUT2D eigenvalue weighted by molar-refractivity contribution is -0.167. The van der Waals surface area contributed by atoms with Crippen molar-refractivity contribution < 1.29 is 28.6 Å². The van der Waals surface area contributed by atoms with Crippen LogP contribution in [0.3, 0.4) is 0 Å². The van der Waals surface area contributed by atoms with Gasteiger partial charge in [0.25, 0.3) is 0 Å². The van der Waals surface area contributed by atoms with Gasteiger partial charge in [-0.25, -0.2) is 0 Å². The molecule has 0 amide bonds. The fourth-order valence-corrected chi connectivity index (χ4v) is 7.71. The minimum Gasteiger partial charge on any atom is -0.462 e. The van der Waals surface area contributed by atoms with Crippen LogP contribution >= 0.6 is 0 Å². The molecule has 0 rings (SSSR count). The molecule has 0 aliphatic rings. The van der Waals surface area contributed by atoms with Crippen molar-refractivity contribution in [1.82, 2.24) is 0 Å². The summed E-state index contributed by atoms with van der Waals surface area (Å²) in [6.45, 7) is 6.44. The van der Waals surface area contributed by atoms with Crippen LogP contribution in [0.15, 0.2) is 97.2 Å². The maximum absolute atomic E-state index is 12.8. The molecular formula is C63H106O6. The summed E-state index contributed by atoms with van der Waals surface area (Å²) in [5.41, 5.74) is 0. The summed E-state index contributed by atoms with van der Waals surface area (Å²) in [5, 5.41) is 0. The monoisotopic (exact) mass is 959 g/mol. The van der Waals surface area contributed by atoms with Crippen LogP contribution in [-0.4, -0.2) is 37.2 Å². The van der Waals surface area contributed by atoms with E-state index in [1.165, 1.54) is 109 Å². The maximum atomic E-state index is 12.8. The highest BCUT2D eigenvalue weighted by Crippen LogP contribution is 2.14. The van der Waals surface area contributed by atoms with Crippen LogP contribution in [0.1, 0.15) is 265 Å². The number of esters is 3. The second kappa shape index (κ2) is 56.9. The molecule has 1 atom stereocenters. The van der Waals surface area contributed by atoms with Gasteiger partial charge >= 0.3 is 17.9 Å². The number of hydrogen-bond donors (Lipinski definition) is 0. The number of hydrogen-bond acceptors (Lipinski definition) is 6. The molecule has 6 heteroatoms. The maximum Gasteiger partial charge on any atom is 0.306 e. The third-order valence-corrected chi connectivity index (χ3v) is 12.0. The summed E-state index contributed by atoms with van der Waals surface area (Å²) < 4.78 is 16.8. The van der Waals surface area contributed by atoms with Crippen LogP contribution in [0.4, 0.5) is 0 Å². The van der Waals surface area contributed by atoms with E-state index < -0.39 is 6.10 Å². The van der Waals surface area contributed by atoms with Gasteiger partial charge in [0.2, 0.25) is 0 Å². The molecule has 0 bridgehead atoms. The van der Waals surface area contributed by atoms with E-state index in [9.17, 15) is 14.4 Å². The molecule has 394 valence electrons. The fraction of sp³-hybridized carbons (Fsp3) is 0.698. The first kappa shape index (κ1) is 65.3. The molecule has 0 aromatic heterocycles. The van der Waals surface area contributed by atoms with E-state index in [1.54, 1.807) is 0 Å². The van der Waals surface area contributed by atoms with Gasteiger partial charge in [0, 0.05) is 19.3 Å². The number of unbranched alkanes of at least 4 members (excludes halogenated alkanes) is 24. The van der Waals surface area contributed by atoms with Crippen LogP contribution in [0.5, 0.6) is 0 Å². The van der Waals surface area contributed by atoms with Gasteiger partial charge in [0.15, 0.2) is 6.10 Å². The molecule has 0 aliphatic carbocycles. The zero-order valence-corrected chi connectivity index (χ0v) is 45.0. The second-order valence-corrected chi connectivity index (χ2v) is 18.8. The zero-order valence-electron chi connectivity index (χ0n) is 45.0. The van der Waals surface area contributed by atoms with E-state index in [-0.39, 0.29) is 37.5 Å². The lowest BCUT2D eigenvalue weighted by atomic mass is 10.1. The Hall–Kier alpha value is -3.67. The van der Waals surface area contributed by atoms with Crippen molar-refractivity contribution >= 4 is 17.9 Å². The molecule has 0 heterocycles. The van der Waals surface area contributed by atoms with Gasteiger partial charge in [-0.2, -0.15) is 0 Å². The Bertz CT molecular complexity index is 1380. The topological polar surface area (TPSA) is 78.9 Å². The normalized spacial score (nSPS) is 12.8. The Labute approximate surface area is 426 Å². The molecule has 1 unspecified atom stereocenters. The quantitative estimate of drug-likeness (QED) is 0.0262. The van der Waals surface area contributed by atoms with Gasteiger partial charge < -0.3 is 14.2 Å². The number of carbonyl (C=O) groups excluding carboxylic acids is 3. The van der Waals surface area contributed by atoms with E-state index in [2.05, 4.69) is 118 Å². The molecule has 6 nitrogen and oxygen atoms in total.